The highest BCUT2D eigenvalue weighted by Gasteiger charge is 2.03. The van der Waals surface area contributed by atoms with Gasteiger partial charge < -0.3 is 5.11 Å². The van der Waals surface area contributed by atoms with E-state index < -0.39 is 11.9 Å². The first-order valence-corrected chi connectivity index (χ1v) is 8.92. The predicted molar refractivity (Wildman–Crippen MR) is 119 cm³/mol. The van der Waals surface area contributed by atoms with Crippen LogP contribution in [0.25, 0.3) is 0 Å². The van der Waals surface area contributed by atoms with Gasteiger partial charge in [-0.05, 0) is 48.0 Å². The number of carbonyl (C=O) groups is 1. The Morgan fingerprint density at radius 1 is 0.821 bits per heavy atom. The van der Waals surface area contributed by atoms with Gasteiger partial charge in [0.15, 0.2) is 0 Å². The van der Waals surface area contributed by atoms with Gasteiger partial charge in [-0.15, -0.1) is 0 Å². The molecule has 2 unspecified atom stereocenters. The third kappa shape index (κ3) is 38.8. The van der Waals surface area contributed by atoms with Crippen LogP contribution in [0.3, 0.4) is 0 Å². The smallest absolute Gasteiger partial charge is 0.310 e. The summed E-state index contributed by atoms with van der Waals surface area (Å²) in [4.78, 5) is 28.2. The molecule has 0 aromatic carbocycles. The molecule has 6 heteroatoms. The predicted octanol–water partition coefficient (Wildman–Crippen LogP) is 6.43. The molecule has 0 saturated heterocycles. The lowest BCUT2D eigenvalue weighted by molar-refractivity contribution is -0.261. The number of carboxylic acids is 1. The minimum Gasteiger partial charge on any atom is -0.481 e. The molecule has 0 saturated carbocycles. The fraction of sp³-hybridized carbons (Fsp3) is 0.409. The summed E-state index contributed by atoms with van der Waals surface area (Å²) in [6.45, 7) is 11.3. The summed E-state index contributed by atoms with van der Waals surface area (Å²) in [5, 5.41) is 16.5. The van der Waals surface area contributed by atoms with Gasteiger partial charge in [-0.2, -0.15) is 0 Å². The summed E-state index contributed by atoms with van der Waals surface area (Å²) in [5.74, 6) is -1.18. The summed E-state index contributed by atoms with van der Waals surface area (Å²) in [7, 11) is 0. The highest BCUT2D eigenvalue weighted by Crippen LogP contribution is 1.96. The van der Waals surface area contributed by atoms with E-state index in [2.05, 4.69) is 29.2 Å². The van der Waals surface area contributed by atoms with Crippen LogP contribution in [0, 0.1) is 15.8 Å². The first-order chi connectivity index (χ1) is 13.4. The van der Waals surface area contributed by atoms with Crippen LogP contribution in [0.4, 0.5) is 0 Å². The second kappa shape index (κ2) is 32.1. The summed E-state index contributed by atoms with van der Waals surface area (Å²) in [6.07, 6.45) is 23.6. The average molecular weight is 397 g/mol. The molecule has 0 radical (unpaired) electrons. The highest BCUT2D eigenvalue weighted by atomic mass is 17.1. The number of hydrogen-bond donors (Lipinski definition) is 2. The van der Waals surface area contributed by atoms with E-state index in [1.54, 1.807) is 38.2 Å². The fourth-order valence-electron chi connectivity index (χ4n) is 1.14. The standard InChI is InChI=1S/C8H12O2.C7H12O2.C7H12.O2/c1-3-4-5-6-7(2)8(9)10;1-3-4-5-6-7(2)9-8;1-3-5-7-6-4-2;1-2/h3-7H,1-2H3,(H,9,10);3-8H,1-2H3;3-6H,7H2,1-2H3;/b2*4-3-,6-5+;5-3-,6-4-;. The fourth-order valence-corrected chi connectivity index (χ4v) is 1.14. The molecule has 0 aromatic rings. The van der Waals surface area contributed by atoms with Gasteiger partial charge in [0.05, 0.1) is 5.92 Å². The second-order valence-corrected chi connectivity index (χ2v) is 5.13. The van der Waals surface area contributed by atoms with Crippen molar-refractivity contribution in [3.05, 3.63) is 82.8 Å². The minimum absolute atomic E-state index is 0.221. The van der Waals surface area contributed by atoms with Gasteiger partial charge in [0.2, 0.25) is 0 Å². The van der Waals surface area contributed by atoms with Crippen LogP contribution < -0.4 is 0 Å². The lowest BCUT2D eigenvalue weighted by atomic mass is 10.2. The van der Waals surface area contributed by atoms with Gasteiger partial charge in [0, 0.05) is 9.93 Å². The Kier molecular flexibility index (Phi) is 37.9. The van der Waals surface area contributed by atoms with E-state index in [9.17, 15) is 4.79 Å². The van der Waals surface area contributed by atoms with Crippen LogP contribution >= 0.6 is 0 Å². The number of allylic oxidation sites excluding steroid dienone is 10. The zero-order valence-corrected chi connectivity index (χ0v) is 17.8. The molecule has 28 heavy (non-hydrogen) atoms. The highest BCUT2D eigenvalue weighted by molar-refractivity contribution is 5.71. The molecule has 0 aliphatic carbocycles. The summed E-state index contributed by atoms with van der Waals surface area (Å²) in [5.41, 5.74) is 0. The van der Waals surface area contributed by atoms with Crippen molar-refractivity contribution >= 4 is 5.97 Å². The molecule has 0 heterocycles. The van der Waals surface area contributed by atoms with Crippen molar-refractivity contribution < 1.29 is 20.0 Å². The number of rotatable bonds is 8. The van der Waals surface area contributed by atoms with E-state index in [0.29, 0.717) is 0 Å². The summed E-state index contributed by atoms with van der Waals surface area (Å²) in [6, 6.07) is 0. The molecule has 0 aliphatic heterocycles. The minimum atomic E-state index is -0.791. The lowest BCUT2D eigenvalue weighted by Gasteiger charge is -1.96. The molecule has 0 bridgehead atoms. The number of aliphatic carboxylic acids is 1. The first-order valence-electron chi connectivity index (χ1n) is 8.92. The summed E-state index contributed by atoms with van der Waals surface area (Å²) >= 11 is 0. The maximum atomic E-state index is 10.2. The molecule has 2 N–H and O–H groups in total. The largest absolute Gasteiger partial charge is 0.481 e. The van der Waals surface area contributed by atoms with Crippen LogP contribution in [0.15, 0.2) is 72.9 Å². The third-order valence-electron chi connectivity index (χ3n) is 2.69. The van der Waals surface area contributed by atoms with Gasteiger partial charge in [0.25, 0.3) is 0 Å². The van der Waals surface area contributed by atoms with E-state index in [-0.39, 0.29) is 6.10 Å². The molecule has 160 valence electrons. The average Bonchev–Trinajstić information content (AvgIpc) is 2.71. The first kappa shape index (κ1) is 33.0. The molecule has 0 aliphatic rings. The Hall–Kier alpha value is -2.57. The van der Waals surface area contributed by atoms with Gasteiger partial charge >= 0.3 is 5.97 Å². The Morgan fingerprint density at radius 2 is 1.25 bits per heavy atom. The maximum Gasteiger partial charge on any atom is 0.310 e. The Morgan fingerprint density at radius 3 is 1.57 bits per heavy atom. The lowest BCUT2D eigenvalue weighted by Crippen LogP contribution is -2.05. The molecule has 0 aromatic heterocycles. The van der Waals surface area contributed by atoms with Gasteiger partial charge in [-0.1, -0.05) is 72.9 Å². The van der Waals surface area contributed by atoms with E-state index in [1.807, 2.05) is 52.0 Å². The van der Waals surface area contributed by atoms with Crippen molar-refractivity contribution in [1.82, 2.24) is 0 Å². The topological polar surface area (TPSA) is 101 Å². The molecular formula is C22H36O6. The zero-order valence-electron chi connectivity index (χ0n) is 17.8. The van der Waals surface area contributed by atoms with E-state index in [0.717, 1.165) is 6.42 Å². The Bertz CT molecular complexity index is 477. The van der Waals surface area contributed by atoms with Crippen LogP contribution in [0.2, 0.25) is 0 Å². The third-order valence-corrected chi connectivity index (χ3v) is 2.69. The van der Waals surface area contributed by atoms with Crippen LogP contribution in [0.1, 0.15) is 48.0 Å². The van der Waals surface area contributed by atoms with E-state index >= 15 is 0 Å². The van der Waals surface area contributed by atoms with Crippen LogP contribution in [-0.4, -0.2) is 22.4 Å². The second-order valence-electron chi connectivity index (χ2n) is 5.13. The van der Waals surface area contributed by atoms with Crippen molar-refractivity contribution in [2.45, 2.75) is 54.1 Å². The Balaban J connectivity index is -0.000000149. The molecule has 0 amide bonds. The van der Waals surface area contributed by atoms with Crippen molar-refractivity contribution in [2.75, 3.05) is 0 Å². The molecular weight excluding hydrogens is 360 g/mol. The van der Waals surface area contributed by atoms with Crippen LogP contribution in [0.5, 0.6) is 0 Å². The van der Waals surface area contributed by atoms with Crippen molar-refractivity contribution in [3.63, 3.8) is 0 Å². The SMILES string of the molecule is C/C=C\C/C=C\C.C/C=C\C=C\C(C)C(=O)O.C/C=C\C=C\C(C)OO.O=O. The molecule has 6 nitrogen and oxygen atoms in total. The van der Waals surface area contributed by atoms with E-state index in [4.69, 9.17) is 20.3 Å². The monoisotopic (exact) mass is 396 g/mol. The molecule has 2 atom stereocenters. The zero-order chi connectivity index (χ0) is 22.6. The van der Waals surface area contributed by atoms with Gasteiger partial charge in [-0.3, -0.25) is 10.1 Å². The number of carboxylic acid groups (broad SMARTS) is 1. The quantitative estimate of drug-likeness (QED) is 0.212. The van der Waals surface area contributed by atoms with Crippen molar-refractivity contribution in [1.29, 1.82) is 0 Å². The number of hydrogen-bond acceptors (Lipinski definition) is 5. The van der Waals surface area contributed by atoms with Gasteiger partial charge in [0.1, 0.15) is 6.10 Å². The summed E-state index contributed by atoms with van der Waals surface area (Å²) < 4.78 is 0. The van der Waals surface area contributed by atoms with Crippen molar-refractivity contribution in [3.8, 4) is 0 Å². The Labute approximate surface area is 169 Å². The molecule has 0 fully saturated rings. The van der Waals surface area contributed by atoms with Crippen LogP contribution in [-0.2, 0) is 9.68 Å². The normalized spacial score (nSPS) is 13.2. The van der Waals surface area contributed by atoms with Gasteiger partial charge in [-0.25, -0.2) is 4.89 Å². The van der Waals surface area contributed by atoms with Crippen molar-refractivity contribution in [2.24, 2.45) is 5.92 Å². The maximum absolute atomic E-state index is 10.2. The van der Waals surface area contributed by atoms with E-state index in [1.165, 1.54) is 0 Å². The molecule has 0 spiro atoms. The molecule has 0 rings (SSSR count).